The van der Waals surface area contributed by atoms with Crippen molar-refractivity contribution >= 4 is 17.2 Å². The zero-order valence-electron chi connectivity index (χ0n) is 14.3. The maximum absolute atomic E-state index is 12.3. The van der Waals surface area contributed by atoms with Crippen molar-refractivity contribution in [3.8, 4) is 16.3 Å². The predicted octanol–water partition coefficient (Wildman–Crippen LogP) is 3.99. The van der Waals surface area contributed by atoms with Gasteiger partial charge in [0.15, 0.2) is 0 Å². The first-order valence-corrected chi connectivity index (χ1v) is 8.88. The third-order valence-electron chi connectivity index (χ3n) is 3.87. The third kappa shape index (κ3) is 4.45. The fourth-order valence-electron chi connectivity index (χ4n) is 2.49. The number of carbonyl (C=O) groups is 1. The van der Waals surface area contributed by atoms with Gasteiger partial charge in [-0.1, -0.05) is 42.5 Å². The third-order valence-corrected chi connectivity index (χ3v) is 4.93. The van der Waals surface area contributed by atoms with Crippen molar-refractivity contribution in [2.45, 2.75) is 19.9 Å². The second-order valence-corrected chi connectivity index (χ2v) is 6.90. The molecule has 5 heteroatoms. The Kier molecular flexibility index (Phi) is 5.46. The van der Waals surface area contributed by atoms with E-state index in [9.17, 15) is 4.79 Å². The lowest BCUT2D eigenvalue weighted by Gasteiger charge is -2.06. The Morgan fingerprint density at radius 1 is 1.16 bits per heavy atom. The summed E-state index contributed by atoms with van der Waals surface area (Å²) in [6.07, 6.45) is 0.291. The smallest absolute Gasteiger partial charge is 0.226 e. The quantitative estimate of drug-likeness (QED) is 0.730. The summed E-state index contributed by atoms with van der Waals surface area (Å²) in [5.41, 5.74) is 2.93. The Bertz CT molecular complexity index is 859. The topological polar surface area (TPSA) is 51.2 Å². The summed E-state index contributed by atoms with van der Waals surface area (Å²) in [6.45, 7) is 2.49. The van der Waals surface area contributed by atoms with Crippen LogP contribution in [0.1, 0.15) is 16.1 Å². The predicted molar refractivity (Wildman–Crippen MR) is 101 cm³/mol. The summed E-state index contributed by atoms with van der Waals surface area (Å²) in [6, 6.07) is 17.7. The number of aromatic nitrogens is 1. The molecule has 3 rings (SSSR count). The van der Waals surface area contributed by atoms with E-state index in [0.29, 0.717) is 13.0 Å². The molecule has 1 N–H and O–H groups in total. The lowest BCUT2D eigenvalue weighted by Crippen LogP contribution is -2.24. The van der Waals surface area contributed by atoms with E-state index < -0.39 is 0 Å². The summed E-state index contributed by atoms with van der Waals surface area (Å²) in [7, 11) is 1.63. The number of nitrogens with zero attached hydrogens (tertiary/aromatic N) is 1. The molecular formula is C20H20N2O2S. The van der Waals surface area contributed by atoms with Gasteiger partial charge in [-0.3, -0.25) is 4.79 Å². The average molecular weight is 352 g/mol. The van der Waals surface area contributed by atoms with Crippen LogP contribution in [0.5, 0.6) is 5.75 Å². The van der Waals surface area contributed by atoms with Gasteiger partial charge in [0.05, 0.1) is 19.2 Å². The zero-order valence-corrected chi connectivity index (χ0v) is 15.1. The van der Waals surface area contributed by atoms with Crippen LogP contribution in [-0.4, -0.2) is 18.0 Å². The molecule has 1 amide bonds. The second-order valence-electron chi connectivity index (χ2n) is 5.69. The molecule has 1 aromatic heterocycles. The second kappa shape index (κ2) is 7.94. The fourth-order valence-corrected chi connectivity index (χ4v) is 3.43. The van der Waals surface area contributed by atoms with Gasteiger partial charge < -0.3 is 10.1 Å². The van der Waals surface area contributed by atoms with E-state index in [1.807, 2.05) is 61.5 Å². The highest BCUT2D eigenvalue weighted by Crippen LogP contribution is 2.27. The number of benzene rings is 2. The van der Waals surface area contributed by atoms with Crippen molar-refractivity contribution in [2.24, 2.45) is 0 Å². The molecule has 25 heavy (non-hydrogen) atoms. The maximum Gasteiger partial charge on any atom is 0.226 e. The van der Waals surface area contributed by atoms with E-state index in [2.05, 4.69) is 10.3 Å². The molecule has 0 aliphatic heterocycles. The lowest BCUT2D eigenvalue weighted by molar-refractivity contribution is -0.120. The van der Waals surface area contributed by atoms with Crippen molar-refractivity contribution in [2.75, 3.05) is 7.11 Å². The van der Waals surface area contributed by atoms with Crippen LogP contribution in [0.2, 0.25) is 0 Å². The van der Waals surface area contributed by atoms with Crippen molar-refractivity contribution in [1.29, 1.82) is 0 Å². The first-order valence-electron chi connectivity index (χ1n) is 8.07. The molecule has 2 aromatic carbocycles. The van der Waals surface area contributed by atoms with E-state index in [4.69, 9.17) is 4.74 Å². The van der Waals surface area contributed by atoms with Gasteiger partial charge in [-0.05, 0) is 24.6 Å². The summed E-state index contributed by atoms with van der Waals surface area (Å²) < 4.78 is 5.20. The average Bonchev–Trinajstić information content (AvgIpc) is 3.01. The van der Waals surface area contributed by atoms with E-state index in [1.54, 1.807) is 18.4 Å². The minimum atomic E-state index is -0.0316. The Hall–Kier alpha value is -2.66. The minimum Gasteiger partial charge on any atom is -0.497 e. The number of hydrogen-bond donors (Lipinski definition) is 1. The largest absolute Gasteiger partial charge is 0.497 e. The van der Waals surface area contributed by atoms with Gasteiger partial charge in [0.2, 0.25) is 5.91 Å². The molecule has 128 valence electrons. The van der Waals surface area contributed by atoms with Crippen LogP contribution in [0.15, 0.2) is 54.6 Å². The number of aryl methyl sites for hydroxylation is 1. The molecule has 0 radical (unpaired) electrons. The summed E-state index contributed by atoms with van der Waals surface area (Å²) >= 11 is 1.62. The standard InChI is InChI=1S/C20H20N2O2S/c1-14-18(22-20(25-14)16-8-4-3-5-9-16)12-19(23)21-13-15-7-6-10-17(11-15)24-2/h3-11H,12-13H2,1-2H3,(H,21,23). The fraction of sp³-hybridized carbons (Fsp3) is 0.200. The monoisotopic (exact) mass is 352 g/mol. The van der Waals surface area contributed by atoms with Crippen LogP contribution in [0, 0.1) is 6.92 Å². The molecule has 0 atom stereocenters. The lowest BCUT2D eigenvalue weighted by atomic mass is 10.2. The minimum absolute atomic E-state index is 0.0316. The van der Waals surface area contributed by atoms with Crippen LogP contribution < -0.4 is 10.1 Å². The number of amides is 1. The van der Waals surface area contributed by atoms with Gasteiger partial charge in [0.25, 0.3) is 0 Å². The molecule has 0 aliphatic rings. The number of thiazole rings is 1. The molecule has 0 fully saturated rings. The highest BCUT2D eigenvalue weighted by Gasteiger charge is 2.13. The van der Waals surface area contributed by atoms with Crippen LogP contribution in [0.3, 0.4) is 0 Å². The molecule has 0 saturated heterocycles. The Labute approximate surface area is 151 Å². The number of nitrogens with one attached hydrogen (secondary N) is 1. The summed E-state index contributed by atoms with van der Waals surface area (Å²) in [5.74, 6) is 0.755. The Morgan fingerprint density at radius 2 is 1.96 bits per heavy atom. The SMILES string of the molecule is COc1cccc(CNC(=O)Cc2nc(-c3ccccc3)sc2C)c1. The molecule has 0 bridgehead atoms. The summed E-state index contributed by atoms with van der Waals surface area (Å²) in [5, 5.41) is 3.90. The number of ether oxygens (including phenoxy) is 1. The number of methoxy groups -OCH3 is 1. The first-order chi connectivity index (χ1) is 12.2. The molecule has 0 saturated carbocycles. The molecule has 3 aromatic rings. The number of carbonyl (C=O) groups excluding carboxylic acids is 1. The van der Waals surface area contributed by atoms with Gasteiger partial charge in [-0.15, -0.1) is 11.3 Å². The number of rotatable bonds is 6. The van der Waals surface area contributed by atoms with Crippen LogP contribution >= 0.6 is 11.3 Å². The van der Waals surface area contributed by atoms with E-state index in [-0.39, 0.29) is 5.91 Å². The molecule has 0 aliphatic carbocycles. The van der Waals surface area contributed by atoms with Crippen molar-refractivity contribution in [1.82, 2.24) is 10.3 Å². The van der Waals surface area contributed by atoms with Crippen molar-refractivity contribution in [3.05, 3.63) is 70.7 Å². The van der Waals surface area contributed by atoms with E-state index >= 15 is 0 Å². The normalized spacial score (nSPS) is 10.5. The van der Waals surface area contributed by atoms with Crippen molar-refractivity contribution in [3.63, 3.8) is 0 Å². The Balaban J connectivity index is 1.62. The zero-order chi connectivity index (χ0) is 17.6. The highest BCUT2D eigenvalue weighted by atomic mass is 32.1. The summed E-state index contributed by atoms with van der Waals surface area (Å²) in [4.78, 5) is 18.0. The molecule has 4 nitrogen and oxygen atoms in total. The van der Waals surface area contributed by atoms with Crippen LogP contribution in [0.4, 0.5) is 0 Å². The van der Waals surface area contributed by atoms with Gasteiger partial charge in [-0.2, -0.15) is 0 Å². The highest BCUT2D eigenvalue weighted by molar-refractivity contribution is 7.15. The maximum atomic E-state index is 12.3. The van der Waals surface area contributed by atoms with Gasteiger partial charge in [0, 0.05) is 17.0 Å². The van der Waals surface area contributed by atoms with Crippen LogP contribution in [-0.2, 0) is 17.8 Å². The first kappa shape index (κ1) is 17.2. The van der Waals surface area contributed by atoms with Crippen molar-refractivity contribution < 1.29 is 9.53 Å². The Morgan fingerprint density at radius 3 is 2.72 bits per heavy atom. The molecule has 1 heterocycles. The van der Waals surface area contributed by atoms with E-state index in [0.717, 1.165) is 32.5 Å². The van der Waals surface area contributed by atoms with Gasteiger partial charge >= 0.3 is 0 Å². The number of hydrogen-bond acceptors (Lipinski definition) is 4. The molecule has 0 spiro atoms. The van der Waals surface area contributed by atoms with Gasteiger partial charge in [0.1, 0.15) is 10.8 Å². The van der Waals surface area contributed by atoms with Gasteiger partial charge in [-0.25, -0.2) is 4.98 Å². The van der Waals surface area contributed by atoms with Crippen LogP contribution in [0.25, 0.3) is 10.6 Å². The molecule has 0 unspecified atom stereocenters. The molecular weight excluding hydrogens is 332 g/mol. The van der Waals surface area contributed by atoms with E-state index in [1.165, 1.54) is 0 Å².